The van der Waals surface area contributed by atoms with Crippen LogP contribution in [0.15, 0.2) is 42.9 Å². The summed E-state index contributed by atoms with van der Waals surface area (Å²) in [6.07, 6.45) is 8.54. The summed E-state index contributed by atoms with van der Waals surface area (Å²) in [6, 6.07) is 6.99. The van der Waals surface area contributed by atoms with Gasteiger partial charge in [0.2, 0.25) is 5.88 Å². The van der Waals surface area contributed by atoms with E-state index in [1.165, 1.54) is 0 Å². The predicted octanol–water partition coefficient (Wildman–Crippen LogP) is 1.96. The lowest BCUT2D eigenvalue weighted by Gasteiger charge is -2.57. The standard InChI is InChI=1S/C22H23N5O4/c1-30-14-4-6-27-17(12-25-18(27)7-14)20(29)26-13-8-22(9-13)10-15(11-22)31-21-16(19(23)28)3-2-5-24-21/h2-7,12-13,15H,8-11H2,1H3,(H2,23,28)(H,26,29). The maximum atomic E-state index is 12.7. The lowest BCUT2D eigenvalue weighted by molar-refractivity contribution is -0.0848. The number of nitrogens with two attached hydrogens (primary N) is 1. The Hall–Kier alpha value is -3.62. The van der Waals surface area contributed by atoms with Crippen LogP contribution in [0.5, 0.6) is 11.6 Å². The molecule has 0 bridgehead atoms. The van der Waals surface area contributed by atoms with Crippen LogP contribution in [0, 0.1) is 5.41 Å². The number of fused-ring (bicyclic) bond motifs is 1. The summed E-state index contributed by atoms with van der Waals surface area (Å²) in [5.74, 6) is 0.309. The van der Waals surface area contributed by atoms with Gasteiger partial charge in [-0.3, -0.25) is 14.0 Å². The third-order valence-electron chi connectivity index (χ3n) is 6.28. The molecule has 0 unspecified atom stereocenters. The van der Waals surface area contributed by atoms with E-state index in [2.05, 4.69) is 15.3 Å². The van der Waals surface area contributed by atoms with Crippen LogP contribution in [0.25, 0.3) is 5.65 Å². The molecule has 3 aromatic heterocycles. The maximum Gasteiger partial charge on any atom is 0.270 e. The van der Waals surface area contributed by atoms with Crippen LogP contribution in [0.4, 0.5) is 0 Å². The molecule has 2 saturated carbocycles. The topological polar surface area (TPSA) is 121 Å². The zero-order valence-corrected chi connectivity index (χ0v) is 17.1. The Bertz CT molecular complexity index is 1160. The molecule has 0 saturated heterocycles. The number of ether oxygens (including phenoxy) is 2. The number of pyridine rings is 2. The van der Waals surface area contributed by atoms with E-state index in [-0.39, 0.29) is 23.5 Å². The third-order valence-corrected chi connectivity index (χ3v) is 6.28. The zero-order valence-electron chi connectivity index (χ0n) is 17.1. The van der Waals surface area contributed by atoms with Crippen molar-refractivity contribution in [2.45, 2.75) is 37.8 Å². The number of hydrogen-bond donors (Lipinski definition) is 2. The molecule has 1 spiro atoms. The Morgan fingerprint density at radius 3 is 2.77 bits per heavy atom. The molecule has 0 aliphatic heterocycles. The Morgan fingerprint density at radius 1 is 1.23 bits per heavy atom. The number of nitrogens with zero attached hydrogens (tertiary/aromatic N) is 3. The van der Waals surface area contributed by atoms with Crippen molar-refractivity contribution in [2.24, 2.45) is 11.1 Å². The largest absolute Gasteiger partial charge is 0.497 e. The van der Waals surface area contributed by atoms with Crippen molar-refractivity contribution in [3.63, 3.8) is 0 Å². The van der Waals surface area contributed by atoms with E-state index in [9.17, 15) is 9.59 Å². The van der Waals surface area contributed by atoms with E-state index in [1.807, 2.05) is 0 Å². The molecule has 3 aromatic rings. The van der Waals surface area contributed by atoms with Crippen molar-refractivity contribution in [1.29, 1.82) is 0 Å². The first kappa shape index (κ1) is 19.3. The van der Waals surface area contributed by atoms with Gasteiger partial charge in [0.25, 0.3) is 11.8 Å². The second-order valence-electron chi connectivity index (χ2n) is 8.39. The average molecular weight is 421 g/mol. The minimum atomic E-state index is -0.547. The average Bonchev–Trinajstić information content (AvgIpc) is 3.14. The number of aromatic nitrogens is 3. The molecule has 2 aliphatic rings. The first-order chi connectivity index (χ1) is 15.0. The van der Waals surface area contributed by atoms with E-state index in [0.29, 0.717) is 28.5 Å². The summed E-state index contributed by atoms with van der Waals surface area (Å²) in [5, 5.41) is 3.11. The summed E-state index contributed by atoms with van der Waals surface area (Å²) < 4.78 is 12.8. The minimum absolute atomic E-state index is 0.0124. The second-order valence-corrected chi connectivity index (χ2v) is 8.39. The summed E-state index contributed by atoms with van der Waals surface area (Å²) >= 11 is 0. The molecule has 31 heavy (non-hydrogen) atoms. The van der Waals surface area contributed by atoms with Gasteiger partial charge in [0.15, 0.2) is 0 Å². The van der Waals surface area contributed by atoms with Crippen molar-refractivity contribution in [1.82, 2.24) is 19.7 Å². The second kappa shape index (κ2) is 7.26. The van der Waals surface area contributed by atoms with Gasteiger partial charge in [-0.25, -0.2) is 9.97 Å². The van der Waals surface area contributed by atoms with Crippen LogP contribution in [0.3, 0.4) is 0 Å². The van der Waals surface area contributed by atoms with Gasteiger partial charge in [0.1, 0.15) is 28.8 Å². The quantitative estimate of drug-likeness (QED) is 0.628. The highest BCUT2D eigenvalue weighted by Gasteiger charge is 2.54. The number of carbonyl (C=O) groups excluding carboxylic acids is 2. The molecule has 9 nitrogen and oxygen atoms in total. The van der Waals surface area contributed by atoms with Crippen LogP contribution >= 0.6 is 0 Å². The number of primary amides is 1. The molecule has 5 rings (SSSR count). The highest BCUT2D eigenvalue weighted by Crippen LogP contribution is 2.56. The van der Waals surface area contributed by atoms with Crippen LogP contribution in [-0.4, -0.2) is 45.4 Å². The minimum Gasteiger partial charge on any atom is -0.497 e. The smallest absolute Gasteiger partial charge is 0.270 e. The van der Waals surface area contributed by atoms with E-state index >= 15 is 0 Å². The van der Waals surface area contributed by atoms with Crippen molar-refractivity contribution >= 4 is 17.5 Å². The predicted molar refractivity (Wildman–Crippen MR) is 111 cm³/mol. The number of hydrogen-bond acceptors (Lipinski definition) is 6. The first-order valence-corrected chi connectivity index (χ1v) is 10.2. The molecular weight excluding hydrogens is 398 g/mol. The number of methoxy groups -OCH3 is 1. The lowest BCUT2D eigenvalue weighted by Crippen LogP contribution is -2.58. The van der Waals surface area contributed by atoms with Crippen LogP contribution in [-0.2, 0) is 0 Å². The maximum absolute atomic E-state index is 12.7. The van der Waals surface area contributed by atoms with Gasteiger partial charge >= 0.3 is 0 Å². The van der Waals surface area contributed by atoms with Gasteiger partial charge in [0.05, 0.1) is 13.3 Å². The van der Waals surface area contributed by atoms with Gasteiger partial charge in [-0.05, 0) is 49.3 Å². The molecule has 0 radical (unpaired) electrons. The fourth-order valence-corrected chi connectivity index (χ4v) is 4.76. The number of amides is 2. The van der Waals surface area contributed by atoms with Crippen LogP contribution < -0.4 is 20.5 Å². The SMILES string of the molecule is COc1ccn2c(C(=O)NC3CC4(C3)CC(Oc3ncccc3C(N)=O)C4)cnc2c1. The molecule has 3 heterocycles. The molecule has 2 amide bonds. The van der Waals surface area contributed by atoms with Gasteiger partial charge in [-0.2, -0.15) is 0 Å². The van der Waals surface area contributed by atoms with Crippen molar-refractivity contribution < 1.29 is 19.1 Å². The summed E-state index contributed by atoms with van der Waals surface area (Å²) in [7, 11) is 1.60. The molecule has 2 fully saturated rings. The van der Waals surface area contributed by atoms with Gasteiger partial charge in [-0.1, -0.05) is 0 Å². The van der Waals surface area contributed by atoms with E-state index in [0.717, 1.165) is 25.7 Å². The number of carbonyl (C=O) groups is 2. The van der Waals surface area contributed by atoms with Crippen molar-refractivity contribution in [3.05, 3.63) is 54.1 Å². The molecule has 9 heteroatoms. The van der Waals surface area contributed by atoms with Gasteiger partial charge in [0, 0.05) is 24.5 Å². The molecular formula is C22H23N5O4. The highest BCUT2D eigenvalue weighted by molar-refractivity contribution is 5.95. The number of rotatable bonds is 6. The monoisotopic (exact) mass is 421 g/mol. The molecule has 160 valence electrons. The summed E-state index contributed by atoms with van der Waals surface area (Å²) in [5.41, 5.74) is 7.04. The number of nitrogens with one attached hydrogen (secondary N) is 1. The Kier molecular flexibility index (Phi) is 4.53. The highest BCUT2D eigenvalue weighted by atomic mass is 16.5. The zero-order chi connectivity index (χ0) is 21.6. The van der Waals surface area contributed by atoms with E-state index in [4.69, 9.17) is 15.2 Å². The molecule has 0 atom stereocenters. The Labute approximate surface area is 178 Å². The van der Waals surface area contributed by atoms with E-state index in [1.54, 1.807) is 54.4 Å². The van der Waals surface area contributed by atoms with Gasteiger partial charge < -0.3 is 20.5 Å². The first-order valence-electron chi connectivity index (χ1n) is 10.2. The summed E-state index contributed by atoms with van der Waals surface area (Å²) in [6.45, 7) is 0. The Morgan fingerprint density at radius 2 is 2.03 bits per heavy atom. The fraction of sp³-hybridized carbons (Fsp3) is 0.364. The summed E-state index contributed by atoms with van der Waals surface area (Å²) in [4.78, 5) is 32.7. The molecule has 0 aromatic carbocycles. The Balaban J connectivity index is 1.15. The van der Waals surface area contributed by atoms with E-state index < -0.39 is 5.91 Å². The fourth-order valence-electron chi connectivity index (χ4n) is 4.76. The lowest BCUT2D eigenvalue weighted by atomic mass is 9.53. The van der Waals surface area contributed by atoms with Crippen LogP contribution in [0.2, 0.25) is 0 Å². The number of imidazole rings is 1. The molecule has 3 N–H and O–H groups in total. The van der Waals surface area contributed by atoms with Gasteiger partial charge in [-0.15, -0.1) is 0 Å². The van der Waals surface area contributed by atoms with Crippen molar-refractivity contribution in [3.8, 4) is 11.6 Å². The van der Waals surface area contributed by atoms with Crippen LogP contribution in [0.1, 0.15) is 46.5 Å². The third kappa shape index (κ3) is 3.45. The van der Waals surface area contributed by atoms with Crippen molar-refractivity contribution in [2.75, 3.05) is 7.11 Å². The molecule has 2 aliphatic carbocycles. The normalized spacial score (nSPS) is 24.3.